The van der Waals surface area contributed by atoms with Crippen molar-refractivity contribution in [2.45, 2.75) is 44.8 Å². The lowest BCUT2D eigenvalue weighted by molar-refractivity contribution is -0.0992. The van der Waals surface area contributed by atoms with Gasteiger partial charge in [0, 0.05) is 19.1 Å². The molecule has 1 aliphatic carbocycles. The Kier molecular flexibility index (Phi) is 3.27. The predicted molar refractivity (Wildman–Crippen MR) is 75.4 cm³/mol. The molecule has 1 atom stereocenters. The van der Waals surface area contributed by atoms with Gasteiger partial charge in [0.25, 0.3) is 0 Å². The smallest absolute Gasteiger partial charge is 0.115 e. The van der Waals surface area contributed by atoms with E-state index in [1.165, 1.54) is 24.0 Å². The summed E-state index contributed by atoms with van der Waals surface area (Å²) < 4.78 is 5.81. The Labute approximate surface area is 115 Å². The summed E-state index contributed by atoms with van der Waals surface area (Å²) in [5.74, 6) is 0.387. The molecule has 0 amide bonds. The second-order valence-corrected chi connectivity index (χ2v) is 6.37. The maximum absolute atomic E-state index is 9.76. The maximum Gasteiger partial charge on any atom is 0.115 e. The lowest BCUT2D eigenvalue weighted by atomic mass is 9.86. The molecule has 104 valence electrons. The lowest BCUT2D eigenvalue weighted by Gasteiger charge is -2.44. The molecule has 1 N–H and O–H groups in total. The van der Waals surface area contributed by atoms with E-state index in [9.17, 15) is 5.11 Å². The van der Waals surface area contributed by atoms with Crippen molar-refractivity contribution in [2.24, 2.45) is 0 Å². The van der Waals surface area contributed by atoms with Crippen LogP contribution in [0.25, 0.3) is 0 Å². The first-order valence-electron chi connectivity index (χ1n) is 7.25. The average Bonchev–Trinajstić information content (AvgIpc) is 2.36. The topological polar surface area (TPSA) is 32.7 Å². The Morgan fingerprint density at radius 3 is 3.00 bits per heavy atom. The van der Waals surface area contributed by atoms with Gasteiger partial charge in [-0.3, -0.25) is 4.90 Å². The van der Waals surface area contributed by atoms with Crippen LogP contribution in [0.2, 0.25) is 0 Å². The molecular formula is C16H23NO2. The van der Waals surface area contributed by atoms with Gasteiger partial charge in [0.05, 0.1) is 12.2 Å². The fourth-order valence-corrected chi connectivity index (χ4v) is 3.46. The third kappa shape index (κ3) is 2.63. The van der Waals surface area contributed by atoms with Crippen LogP contribution in [-0.4, -0.2) is 35.3 Å². The van der Waals surface area contributed by atoms with Crippen LogP contribution >= 0.6 is 0 Å². The number of morpholine rings is 1. The Hall–Kier alpha value is -1.06. The summed E-state index contributed by atoms with van der Waals surface area (Å²) in [5, 5.41) is 9.76. The molecule has 0 aromatic heterocycles. The van der Waals surface area contributed by atoms with Gasteiger partial charge in [-0.15, -0.1) is 0 Å². The van der Waals surface area contributed by atoms with E-state index >= 15 is 0 Å². The van der Waals surface area contributed by atoms with Gasteiger partial charge in [-0.25, -0.2) is 0 Å². The molecule has 3 nitrogen and oxygen atoms in total. The van der Waals surface area contributed by atoms with Gasteiger partial charge >= 0.3 is 0 Å². The Morgan fingerprint density at radius 2 is 2.21 bits per heavy atom. The van der Waals surface area contributed by atoms with Crippen molar-refractivity contribution in [3.8, 4) is 5.75 Å². The molecule has 3 rings (SSSR count). The minimum atomic E-state index is -0.0628. The van der Waals surface area contributed by atoms with E-state index in [2.05, 4.69) is 24.8 Å². The first kappa shape index (κ1) is 12.9. The summed E-state index contributed by atoms with van der Waals surface area (Å²) in [6, 6.07) is 6.30. The minimum absolute atomic E-state index is 0.0628. The van der Waals surface area contributed by atoms with Gasteiger partial charge < -0.3 is 9.84 Å². The number of fused-ring (bicyclic) bond motifs is 1. The highest BCUT2D eigenvalue weighted by Crippen LogP contribution is 2.37. The zero-order valence-electron chi connectivity index (χ0n) is 11.9. The molecule has 1 aliphatic heterocycles. The number of ether oxygens (including phenoxy) is 1. The van der Waals surface area contributed by atoms with Crippen LogP contribution in [0.4, 0.5) is 0 Å². The van der Waals surface area contributed by atoms with E-state index < -0.39 is 0 Å². The molecule has 0 saturated carbocycles. The summed E-state index contributed by atoms with van der Waals surface area (Å²) >= 11 is 0. The zero-order chi connectivity index (χ0) is 13.5. The normalized spacial score (nSPS) is 26.9. The molecular weight excluding hydrogens is 238 g/mol. The standard InChI is InChI=1S/C16H23NO2/c1-16(2)11-17(8-9-19-16)15-5-3-4-12-6-7-13(18)10-14(12)15/h6-7,10,15,18H,3-5,8-9,11H2,1-2H3. The summed E-state index contributed by atoms with van der Waals surface area (Å²) in [6.45, 7) is 7.07. The quantitative estimate of drug-likeness (QED) is 0.843. The van der Waals surface area contributed by atoms with Crippen molar-refractivity contribution in [3.05, 3.63) is 29.3 Å². The van der Waals surface area contributed by atoms with Crippen molar-refractivity contribution < 1.29 is 9.84 Å². The predicted octanol–water partition coefficient (Wildman–Crippen LogP) is 2.88. The molecule has 1 heterocycles. The van der Waals surface area contributed by atoms with E-state index in [1.807, 2.05) is 12.1 Å². The minimum Gasteiger partial charge on any atom is -0.508 e. The van der Waals surface area contributed by atoms with Crippen LogP contribution in [-0.2, 0) is 11.2 Å². The van der Waals surface area contributed by atoms with Crippen molar-refractivity contribution in [1.82, 2.24) is 4.90 Å². The summed E-state index contributed by atoms with van der Waals surface area (Å²) in [6.07, 6.45) is 3.56. The van der Waals surface area contributed by atoms with Crippen molar-refractivity contribution >= 4 is 0 Å². The van der Waals surface area contributed by atoms with E-state index in [4.69, 9.17) is 4.74 Å². The van der Waals surface area contributed by atoms with Gasteiger partial charge in [0.15, 0.2) is 0 Å². The highest BCUT2D eigenvalue weighted by molar-refractivity contribution is 5.38. The molecule has 0 bridgehead atoms. The van der Waals surface area contributed by atoms with E-state index in [1.54, 1.807) is 0 Å². The third-order valence-corrected chi connectivity index (χ3v) is 4.31. The molecule has 2 aliphatic rings. The number of phenols is 1. The summed E-state index contributed by atoms with van der Waals surface area (Å²) in [5.41, 5.74) is 2.66. The molecule has 19 heavy (non-hydrogen) atoms. The Balaban J connectivity index is 1.88. The largest absolute Gasteiger partial charge is 0.508 e. The van der Waals surface area contributed by atoms with Crippen LogP contribution in [0.3, 0.4) is 0 Å². The number of nitrogens with zero attached hydrogens (tertiary/aromatic N) is 1. The van der Waals surface area contributed by atoms with Gasteiger partial charge in [0.1, 0.15) is 5.75 Å². The highest BCUT2D eigenvalue weighted by atomic mass is 16.5. The summed E-state index contributed by atoms with van der Waals surface area (Å²) in [4.78, 5) is 2.53. The number of phenolic OH excluding ortho intramolecular Hbond substituents is 1. The van der Waals surface area contributed by atoms with Gasteiger partial charge in [0.2, 0.25) is 0 Å². The van der Waals surface area contributed by atoms with Crippen LogP contribution in [0.5, 0.6) is 5.75 Å². The number of benzene rings is 1. The second kappa shape index (κ2) is 4.80. The first-order chi connectivity index (χ1) is 9.05. The van der Waals surface area contributed by atoms with Crippen LogP contribution in [0.1, 0.15) is 43.9 Å². The maximum atomic E-state index is 9.76. The molecule has 1 aromatic rings. The molecule has 1 fully saturated rings. The van der Waals surface area contributed by atoms with Crippen molar-refractivity contribution in [1.29, 1.82) is 0 Å². The second-order valence-electron chi connectivity index (χ2n) is 6.37. The highest BCUT2D eigenvalue weighted by Gasteiger charge is 2.33. The van der Waals surface area contributed by atoms with Crippen LogP contribution < -0.4 is 0 Å². The molecule has 1 unspecified atom stereocenters. The van der Waals surface area contributed by atoms with Gasteiger partial charge in [-0.1, -0.05) is 6.07 Å². The van der Waals surface area contributed by atoms with Crippen LogP contribution in [0, 0.1) is 0 Å². The average molecular weight is 261 g/mol. The third-order valence-electron chi connectivity index (χ3n) is 4.31. The van der Waals surface area contributed by atoms with E-state index in [0.29, 0.717) is 11.8 Å². The fraction of sp³-hybridized carbons (Fsp3) is 0.625. The summed E-state index contributed by atoms with van der Waals surface area (Å²) in [7, 11) is 0. The molecule has 0 radical (unpaired) electrons. The molecule has 1 aromatic carbocycles. The monoisotopic (exact) mass is 261 g/mol. The number of hydrogen-bond donors (Lipinski definition) is 1. The van der Waals surface area contributed by atoms with Gasteiger partial charge in [-0.05, 0) is 56.4 Å². The number of rotatable bonds is 1. The zero-order valence-corrected chi connectivity index (χ0v) is 11.9. The first-order valence-corrected chi connectivity index (χ1v) is 7.25. The number of aryl methyl sites for hydroxylation is 1. The fourth-order valence-electron chi connectivity index (χ4n) is 3.46. The van der Waals surface area contributed by atoms with Crippen LogP contribution in [0.15, 0.2) is 18.2 Å². The lowest BCUT2D eigenvalue weighted by Crippen LogP contribution is -2.49. The Bertz CT molecular complexity index is 470. The van der Waals surface area contributed by atoms with E-state index in [0.717, 1.165) is 26.1 Å². The number of aromatic hydroxyl groups is 1. The molecule has 0 spiro atoms. The molecule has 3 heteroatoms. The SMILES string of the molecule is CC1(C)CN(C2CCCc3ccc(O)cc32)CCO1. The van der Waals surface area contributed by atoms with E-state index in [-0.39, 0.29) is 5.60 Å². The van der Waals surface area contributed by atoms with Crippen molar-refractivity contribution in [2.75, 3.05) is 19.7 Å². The van der Waals surface area contributed by atoms with Gasteiger partial charge in [-0.2, -0.15) is 0 Å². The van der Waals surface area contributed by atoms with Crippen molar-refractivity contribution in [3.63, 3.8) is 0 Å². The number of hydrogen-bond acceptors (Lipinski definition) is 3. The Morgan fingerprint density at radius 1 is 1.37 bits per heavy atom. The molecule has 1 saturated heterocycles.